The summed E-state index contributed by atoms with van der Waals surface area (Å²) in [5, 5.41) is 3.36. The van der Waals surface area contributed by atoms with Crippen LogP contribution in [0.3, 0.4) is 0 Å². The van der Waals surface area contributed by atoms with E-state index in [0.717, 1.165) is 22.4 Å². The van der Waals surface area contributed by atoms with Gasteiger partial charge < -0.3 is 14.8 Å². The highest BCUT2D eigenvalue weighted by Crippen LogP contribution is 2.30. The maximum absolute atomic E-state index is 12.7. The molecule has 0 bridgehead atoms. The SMILES string of the molecule is CCOc1ccc2nc(NC(=O)[C@@H]3CCCN3C(=O)OC(C)(C)C)sc2c1. The van der Waals surface area contributed by atoms with Crippen LogP contribution < -0.4 is 10.1 Å². The van der Waals surface area contributed by atoms with Crippen LogP contribution in [-0.2, 0) is 9.53 Å². The summed E-state index contributed by atoms with van der Waals surface area (Å²) in [6.45, 7) is 8.48. The summed E-state index contributed by atoms with van der Waals surface area (Å²) in [5.41, 5.74) is 0.209. The monoisotopic (exact) mass is 391 g/mol. The van der Waals surface area contributed by atoms with E-state index in [0.29, 0.717) is 24.7 Å². The highest BCUT2D eigenvalue weighted by atomic mass is 32.1. The maximum atomic E-state index is 12.7. The highest BCUT2D eigenvalue weighted by molar-refractivity contribution is 7.22. The number of likely N-dealkylation sites (tertiary alicyclic amines) is 1. The average molecular weight is 391 g/mol. The van der Waals surface area contributed by atoms with Crippen LogP contribution in [0.25, 0.3) is 10.2 Å². The Labute approximate surface area is 162 Å². The first-order chi connectivity index (χ1) is 12.8. The predicted octanol–water partition coefficient (Wildman–Crippen LogP) is 4.03. The molecule has 8 heteroatoms. The van der Waals surface area contributed by atoms with E-state index in [4.69, 9.17) is 9.47 Å². The van der Waals surface area contributed by atoms with Crippen LogP contribution in [0.15, 0.2) is 18.2 Å². The summed E-state index contributed by atoms with van der Waals surface area (Å²) >= 11 is 1.39. The Morgan fingerprint density at radius 2 is 2.15 bits per heavy atom. The molecule has 1 atom stereocenters. The van der Waals surface area contributed by atoms with E-state index in [-0.39, 0.29) is 5.91 Å². The maximum Gasteiger partial charge on any atom is 0.410 e. The zero-order valence-electron chi connectivity index (χ0n) is 16.1. The summed E-state index contributed by atoms with van der Waals surface area (Å²) in [6, 6.07) is 5.10. The number of anilines is 1. The molecule has 0 radical (unpaired) electrons. The van der Waals surface area contributed by atoms with Gasteiger partial charge in [0.1, 0.15) is 17.4 Å². The minimum absolute atomic E-state index is 0.234. The fourth-order valence-electron chi connectivity index (χ4n) is 2.98. The molecule has 0 saturated carbocycles. The molecule has 2 aromatic rings. The van der Waals surface area contributed by atoms with Gasteiger partial charge in [-0.2, -0.15) is 0 Å². The number of carbonyl (C=O) groups excluding carboxylic acids is 2. The van der Waals surface area contributed by atoms with Crippen molar-refractivity contribution in [3.05, 3.63) is 18.2 Å². The van der Waals surface area contributed by atoms with Crippen LogP contribution >= 0.6 is 11.3 Å². The molecule has 3 rings (SSSR count). The van der Waals surface area contributed by atoms with Crippen LogP contribution in [0.2, 0.25) is 0 Å². The Morgan fingerprint density at radius 3 is 2.85 bits per heavy atom. The Hall–Kier alpha value is -2.35. The zero-order chi connectivity index (χ0) is 19.6. The standard InChI is InChI=1S/C19H25N3O4S/c1-5-25-12-8-9-13-15(11-12)27-17(20-13)21-16(23)14-7-6-10-22(14)18(24)26-19(2,3)4/h8-9,11,14H,5-7,10H2,1-4H3,(H,20,21,23)/t14-/m0/s1. The third-order valence-corrected chi connectivity index (χ3v) is 5.02. The minimum atomic E-state index is -0.591. The lowest BCUT2D eigenvalue weighted by molar-refractivity contribution is -0.120. The minimum Gasteiger partial charge on any atom is -0.494 e. The number of fused-ring (bicyclic) bond motifs is 1. The molecule has 1 aliphatic rings. The van der Waals surface area contributed by atoms with Crippen molar-refractivity contribution in [2.75, 3.05) is 18.5 Å². The van der Waals surface area contributed by atoms with Crippen molar-refractivity contribution in [1.82, 2.24) is 9.88 Å². The van der Waals surface area contributed by atoms with Crippen molar-refractivity contribution in [3.8, 4) is 5.75 Å². The molecule has 0 spiro atoms. The molecule has 1 aromatic carbocycles. The van der Waals surface area contributed by atoms with E-state index in [1.807, 2.05) is 45.9 Å². The van der Waals surface area contributed by atoms with Gasteiger partial charge in [-0.25, -0.2) is 9.78 Å². The lowest BCUT2D eigenvalue weighted by atomic mass is 10.2. The van der Waals surface area contributed by atoms with Gasteiger partial charge in [0.2, 0.25) is 5.91 Å². The van der Waals surface area contributed by atoms with Gasteiger partial charge in [0, 0.05) is 6.54 Å². The third kappa shape index (κ3) is 4.68. The number of amides is 2. The number of aromatic nitrogens is 1. The van der Waals surface area contributed by atoms with E-state index in [2.05, 4.69) is 10.3 Å². The van der Waals surface area contributed by atoms with E-state index in [1.165, 1.54) is 16.2 Å². The fraction of sp³-hybridized carbons (Fsp3) is 0.526. The first-order valence-corrected chi connectivity index (χ1v) is 9.92. The molecular weight excluding hydrogens is 366 g/mol. The third-order valence-electron chi connectivity index (χ3n) is 4.08. The summed E-state index contributed by atoms with van der Waals surface area (Å²) in [4.78, 5) is 31.0. The molecule has 0 unspecified atom stereocenters. The second-order valence-corrected chi connectivity index (χ2v) is 8.43. The fourth-order valence-corrected chi connectivity index (χ4v) is 3.88. The summed E-state index contributed by atoms with van der Waals surface area (Å²) in [5.74, 6) is 0.542. The molecule has 2 heterocycles. The normalized spacial score (nSPS) is 17.2. The largest absolute Gasteiger partial charge is 0.494 e. The molecule has 0 aliphatic carbocycles. The van der Waals surface area contributed by atoms with E-state index < -0.39 is 17.7 Å². The van der Waals surface area contributed by atoms with Gasteiger partial charge in [0.05, 0.1) is 16.8 Å². The van der Waals surface area contributed by atoms with Crippen molar-refractivity contribution >= 4 is 38.7 Å². The first-order valence-electron chi connectivity index (χ1n) is 9.10. The van der Waals surface area contributed by atoms with Crippen LogP contribution in [0, 0.1) is 0 Å². The van der Waals surface area contributed by atoms with E-state index >= 15 is 0 Å². The molecular formula is C19H25N3O4S. The smallest absolute Gasteiger partial charge is 0.410 e. The molecule has 146 valence electrons. The second-order valence-electron chi connectivity index (χ2n) is 7.40. The summed E-state index contributed by atoms with van der Waals surface area (Å²) < 4.78 is 11.9. The lowest BCUT2D eigenvalue weighted by Gasteiger charge is -2.27. The van der Waals surface area contributed by atoms with Crippen molar-refractivity contribution in [1.29, 1.82) is 0 Å². The Balaban J connectivity index is 1.70. The number of nitrogens with zero attached hydrogens (tertiary/aromatic N) is 2. The first kappa shape index (κ1) is 19.4. The Kier molecular flexibility index (Phi) is 5.55. The van der Waals surface area contributed by atoms with Gasteiger partial charge in [-0.05, 0) is 58.7 Å². The van der Waals surface area contributed by atoms with Gasteiger partial charge in [-0.3, -0.25) is 9.69 Å². The van der Waals surface area contributed by atoms with Crippen molar-refractivity contribution in [2.45, 2.75) is 52.2 Å². The molecule has 27 heavy (non-hydrogen) atoms. The number of thiazole rings is 1. The summed E-state index contributed by atoms with van der Waals surface area (Å²) in [7, 11) is 0. The van der Waals surface area contributed by atoms with Crippen LogP contribution in [0.5, 0.6) is 5.75 Å². The molecule has 1 aliphatic heterocycles. The molecule has 7 nitrogen and oxygen atoms in total. The quantitative estimate of drug-likeness (QED) is 0.851. The van der Waals surface area contributed by atoms with Gasteiger partial charge in [-0.15, -0.1) is 0 Å². The molecule has 2 amide bonds. The van der Waals surface area contributed by atoms with Gasteiger partial charge in [0.25, 0.3) is 0 Å². The number of benzene rings is 1. The number of ether oxygens (including phenoxy) is 2. The van der Waals surface area contributed by atoms with Gasteiger partial charge >= 0.3 is 6.09 Å². The second kappa shape index (κ2) is 7.72. The predicted molar refractivity (Wildman–Crippen MR) is 105 cm³/mol. The Morgan fingerprint density at radius 1 is 1.37 bits per heavy atom. The number of carbonyl (C=O) groups is 2. The summed E-state index contributed by atoms with van der Waals surface area (Å²) in [6.07, 6.45) is 0.935. The number of nitrogens with one attached hydrogen (secondary N) is 1. The zero-order valence-corrected chi connectivity index (χ0v) is 16.9. The van der Waals surface area contributed by atoms with Crippen molar-refractivity contribution in [2.24, 2.45) is 0 Å². The Bertz CT molecular complexity index is 843. The van der Waals surface area contributed by atoms with Crippen LogP contribution in [0.4, 0.5) is 9.93 Å². The molecule has 1 N–H and O–H groups in total. The van der Waals surface area contributed by atoms with Crippen molar-refractivity contribution < 1.29 is 19.1 Å². The van der Waals surface area contributed by atoms with Gasteiger partial charge in [-0.1, -0.05) is 11.3 Å². The average Bonchev–Trinajstić information content (AvgIpc) is 3.19. The number of rotatable bonds is 4. The van der Waals surface area contributed by atoms with E-state index in [9.17, 15) is 9.59 Å². The topological polar surface area (TPSA) is 80.8 Å². The number of hydrogen-bond donors (Lipinski definition) is 1. The van der Waals surface area contributed by atoms with Crippen LogP contribution in [0.1, 0.15) is 40.5 Å². The lowest BCUT2D eigenvalue weighted by Crippen LogP contribution is -2.45. The number of hydrogen-bond acceptors (Lipinski definition) is 6. The van der Waals surface area contributed by atoms with Crippen LogP contribution in [-0.4, -0.2) is 46.7 Å². The van der Waals surface area contributed by atoms with Crippen molar-refractivity contribution in [3.63, 3.8) is 0 Å². The molecule has 1 aromatic heterocycles. The highest BCUT2D eigenvalue weighted by Gasteiger charge is 2.36. The van der Waals surface area contributed by atoms with Gasteiger partial charge in [0.15, 0.2) is 5.13 Å². The molecule has 1 saturated heterocycles. The van der Waals surface area contributed by atoms with E-state index in [1.54, 1.807) is 0 Å². The molecule has 1 fully saturated rings.